The molecule has 0 spiro atoms. The van der Waals surface area contributed by atoms with Crippen molar-refractivity contribution in [2.24, 2.45) is 0 Å². The lowest BCUT2D eigenvalue weighted by Gasteiger charge is -2.17. The predicted octanol–water partition coefficient (Wildman–Crippen LogP) is 4.77. The molecular formula is C15H11BrF2N2. The monoisotopic (exact) mass is 336 g/mol. The predicted molar refractivity (Wildman–Crippen MR) is 77.3 cm³/mol. The maximum absolute atomic E-state index is 13.8. The molecule has 0 saturated heterocycles. The van der Waals surface area contributed by atoms with Crippen LogP contribution < -0.4 is 5.32 Å². The van der Waals surface area contributed by atoms with Gasteiger partial charge in [-0.25, -0.2) is 8.78 Å². The SMILES string of the molecule is CC(Nc1cccc(F)c1C#N)c1cc(Br)ccc1F. The van der Waals surface area contributed by atoms with Gasteiger partial charge in [-0.05, 0) is 37.3 Å². The van der Waals surface area contributed by atoms with E-state index in [-0.39, 0.29) is 11.4 Å². The van der Waals surface area contributed by atoms with Gasteiger partial charge in [0.15, 0.2) is 0 Å². The van der Waals surface area contributed by atoms with Crippen LogP contribution in [-0.4, -0.2) is 0 Å². The van der Waals surface area contributed by atoms with Crippen LogP contribution in [0.15, 0.2) is 40.9 Å². The normalized spacial score (nSPS) is 11.8. The summed E-state index contributed by atoms with van der Waals surface area (Å²) in [6.45, 7) is 1.75. The highest BCUT2D eigenvalue weighted by Crippen LogP contribution is 2.27. The van der Waals surface area contributed by atoms with Crippen LogP contribution in [0.25, 0.3) is 0 Å². The van der Waals surface area contributed by atoms with E-state index < -0.39 is 11.9 Å². The number of hydrogen-bond acceptors (Lipinski definition) is 2. The maximum Gasteiger partial charge on any atom is 0.143 e. The summed E-state index contributed by atoms with van der Waals surface area (Å²) in [5.74, 6) is -0.956. The van der Waals surface area contributed by atoms with E-state index in [0.29, 0.717) is 11.3 Å². The van der Waals surface area contributed by atoms with Crippen molar-refractivity contribution in [3.63, 3.8) is 0 Å². The molecule has 0 aliphatic heterocycles. The molecule has 2 rings (SSSR count). The lowest BCUT2D eigenvalue weighted by Crippen LogP contribution is -2.10. The number of hydrogen-bond donors (Lipinski definition) is 1. The molecule has 0 saturated carbocycles. The molecule has 0 aromatic heterocycles. The molecular weight excluding hydrogens is 326 g/mol. The van der Waals surface area contributed by atoms with Gasteiger partial charge in [-0.1, -0.05) is 22.0 Å². The molecule has 1 N–H and O–H groups in total. The lowest BCUT2D eigenvalue weighted by molar-refractivity contribution is 0.599. The molecule has 20 heavy (non-hydrogen) atoms. The smallest absolute Gasteiger partial charge is 0.143 e. The Bertz CT molecular complexity index is 680. The van der Waals surface area contributed by atoms with Crippen LogP contribution in [-0.2, 0) is 0 Å². The van der Waals surface area contributed by atoms with E-state index in [0.717, 1.165) is 4.47 Å². The minimum absolute atomic E-state index is 0.0743. The third-order valence-electron chi connectivity index (χ3n) is 2.92. The Balaban J connectivity index is 2.33. The third-order valence-corrected chi connectivity index (χ3v) is 3.42. The molecule has 0 fully saturated rings. The highest BCUT2D eigenvalue weighted by Gasteiger charge is 2.14. The van der Waals surface area contributed by atoms with Crippen LogP contribution in [0.4, 0.5) is 14.5 Å². The first-order valence-corrected chi connectivity index (χ1v) is 6.72. The molecule has 0 radical (unpaired) electrons. The van der Waals surface area contributed by atoms with Crippen molar-refractivity contribution in [2.45, 2.75) is 13.0 Å². The Kier molecular flexibility index (Phi) is 4.35. The number of rotatable bonds is 3. The van der Waals surface area contributed by atoms with Gasteiger partial charge in [0.25, 0.3) is 0 Å². The largest absolute Gasteiger partial charge is 0.377 e. The Morgan fingerprint density at radius 1 is 1.20 bits per heavy atom. The van der Waals surface area contributed by atoms with Gasteiger partial charge >= 0.3 is 0 Å². The van der Waals surface area contributed by atoms with Crippen LogP contribution in [0.3, 0.4) is 0 Å². The van der Waals surface area contributed by atoms with Crippen molar-refractivity contribution >= 4 is 21.6 Å². The van der Waals surface area contributed by atoms with Crippen molar-refractivity contribution in [2.75, 3.05) is 5.32 Å². The second-order valence-corrected chi connectivity index (χ2v) is 5.22. The summed E-state index contributed by atoms with van der Waals surface area (Å²) in [7, 11) is 0. The number of nitriles is 1. The molecule has 0 heterocycles. The first kappa shape index (κ1) is 14.5. The van der Waals surface area contributed by atoms with Gasteiger partial charge in [-0.15, -0.1) is 0 Å². The highest BCUT2D eigenvalue weighted by atomic mass is 79.9. The van der Waals surface area contributed by atoms with Gasteiger partial charge in [-0.2, -0.15) is 5.26 Å². The van der Waals surface area contributed by atoms with Crippen molar-refractivity contribution in [3.8, 4) is 6.07 Å². The molecule has 0 aliphatic rings. The second-order valence-electron chi connectivity index (χ2n) is 4.31. The number of benzene rings is 2. The second kappa shape index (κ2) is 6.02. The maximum atomic E-state index is 13.8. The Morgan fingerprint density at radius 3 is 2.65 bits per heavy atom. The van der Waals surface area contributed by atoms with E-state index in [1.807, 2.05) is 0 Å². The van der Waals surface area contributed by atoms with E-state index in [1.165, 1.54) is 18.2 Å². The zero-order valence-corrected chi connectivity index (χ0v) is 12.2. The molecule has 2 aromatic carbocycles. The highest BCUT2D eigenvalue weighted by molar-refractivity contribution is 9.10. The van der Waals surface area contributed by atoms with Crippen LogP contribution in [0.2, 0.25) is 0 Å². The zero-order chi connectivity index (χ0) is 14.7. The first-order chi connectivity index (χ1) is 9.52. The number of halogens is 3. The first-order valence-electron chi connectivity index (χ1n) is 5.93. The van der Waals surface area contributed by atoms with Crippen LogP contribution in [0.5, 0.6) is 0 Å². The fourth-order valence-electron chi connectivity index (χ4n) is 1.92. The fraction of sp³-hybridized carbons (Fsp3) is 0.133. The minimum atomic E-state index is -0.598. The number of nitrogens with one attached hydrogen (secondary N) is 1. The molecule has 2 aromatic rings. The van der Waals surface area contributed by atoms with Crippen LogP contribution in [0, 0.1) is 23.0 Å². The van der Waals surface area contributed by atoms with Crippen molar-refractivity contribution in [1.29, 1.82) is 5.26 Å². The van der Waals surface area contributed by atoms with Crippen molar-refractivity contribution in [3.05, 3.63) is 63.6 Å². The molecule has 0 amide bonds. The van der Waals surface area contributed by atoms with Crippen LogP contribution in [0.1, 0.15) is 24.1 Å². The molecule has 1 unspecified atom stereocenters. The quantitative estimate of drug-likeness (QED) is 0.876. The van der Waals surface area contributed by atoms with Gasteiger partial charge in [0.2, 0.25) is 0 Å². The van der Waals surface area contributed by atoms with E-state index >= 15 is 0 Å². The number of anilines is 1. The summed E-state index contributed by atoms with van der Waals surface area (Å²) in [5.41, 5.74) is 0.710. The Labute approximate surface area is 124 Å². The molecule has 0 aliphatic carbocycles. The van der Waals surface area contributed by atoms with Crippen molar-refractivity contribution < 1.29 is 8.78 Å². The third kappa shape index (κ3) is 2.97. The summed E-state index contributed by atoms with van der Waals surface area (Å²) in [4.78, 5) is 0. The van der Waals surface area contributed by atoms with Crippen molar-refractivity contribution in [1.82, 2.24) is 0 Å². The van der Waals surface area contributed by atoms with E-state index in [9.17, 15) is 8.78 Å². The summed E-state index contributed by atoms with van der Waals surface area (Å²) in [6, 6.07) is 10.3. The van der Waals surface area contributed by atoms with Gasteiger partial charge in [0.05, 0.1) is 11.7 Å². The van der Waals surface area contributed by atoms with Gasteiger partial charge in [0, 0.05) is 10.0 Å². The molecule has 5 heteroatoms. The van der Waals surface area contributed by atoms with Crippen LogP contribution >= 0.6 is 15.9 Å². The summed E-state index contributed by atoms with van der Waals surface area (Å²) >= 11 is 3.28. The standard InChI is InChI=1S/C15H11BrF2N2/c1-9(11-7-10(16)5-6-14(11)18)20-15-4-2-3-13(17)12(15)8-19/h2-7,9,20H,1H3. The topological polar surface area (TPSA) is 35.8 Å². The van der Waals surface area contributed by atoms with E-state index in [2.05, 4.69) is 21.2 Å². The van der Waals surface area contributed by atoms with E-state index in [4.69, 9.17) is 5.26 Å². The zero-order valence-electron chi connectivity index (χ0n) is 10.6. The molecule has 102 valence electrons. The Hall–Kier alpha value is -1.93. The summed E-state index contributed by atoms with van der Waals surface area (Å²) in [6.07, 6.45) is 0. The summed E-state index contributed by atoms with van der Waals surface area (Å²) < 4.78 is 28.0. The Morgan fingerprint density at radius 2 is 1.95 bits per heavy atom. The molecule has 0 bridgehead atoms. The fourth-order valence-corrected chi connectivity index (χ4v) is 2.29. The average molecular weight is 337 g/mol. The van der Waals surface area contributed by atoms with Gasteiger partial charge < -0.3 is 5.32 Å². The number of nitrogens with zero attached hydrogens (tertiary/aromatic N) is 1. The molecule has 1 atom stereocenters. The minimum Gasteiger partial charge on any atom is -0.377 e. The lowest BCUT2D eigenvalue weighted by atomic mass is 10.1. The van der Waals surface area contributed by atoms with Gasteiger partial charge in [0.1, 0.15) is 23.3 Å². The molecule has 2 nitrogen and oxygen atoms in total. The van der Waals surface area contributed by atoms with Gasteiger partial charge in [-0.3, -0.25) is 0 Å². The van der Waals surface area contributed by atoms with E-state index in [1.54, 1.807) is 31.2 Å². The summed E-state index contributed by atoms with van der Waals surface area (Å²) in [5, 5.41) is 11.9. The average Bonchev–Trinajstić information content (AvgIpc) is 2.41.